The summed E-state index contributed by atoms with van der Waals surface area (Å²) in [6.45, 7) is 6.49. The predicted molar refractivity (Wildman–Crippen MR) is 91.2 cm³/mol. The number of quaternary nitrogens is 1. The molecule has 2 amide bonds. The molecular weight excluding hydrogens is 330 g/mol. The number of halogens is 1. The number of ether oxygens (including phenoxy) is 1. The average Bonchev–Trinajstić information content (AvgIpc) is 2.84. The van der Waals surface area contributed by atoms with Crippen LogP contribution in [0.1, 0.15) is 6.92 Å². The van der Waals surface area contributed by atoms with Crippen LogP contribution < -0.4 is 14.5 Å². The zero-order chi connectivity index (χ0) is 17.3. The van der Waals surface area contributed by atoms with Crippen molar-refractivity contribution in [2.24, 2.45) is 0 Å². The van der Waals surface area contributed by atoms with Crippen molar-refractivity contribution >= 4 is 29.1 Å². The molecule has 0 saturated carbocycles. The maximum Gasteiger partial charge on any atom is 0.283 e. The zero-order valence-corrected chi connectivity index (χ0v) is 14.6. The molecule has 0 spiro atoms. The maximum atomic E-state index is 12.9. The van der Waals surface area contributed by atoms with E-state index in [0.29, 0.717) is 30.2 Å². The molecule has 1 fully saturated rings. The molecule has 0 aliphatic carbocycles. The van der Waals surface area contributed by atoms with E-state index in [4.69, 9.17) is 16.3 Å². The van der Waals surface area contributed by atoms with Gasteiger partial charge in [-0.2, -0.15) is 0 Å². The van der Waals surface area contributed by atoms with Crippen LogP contribution in [0.15, 0.2) is 35.0 Å². The van der Waals surface area contributed by atoms with Crippen molar-refractivity contribution in [2.75, 3.05) is 44.7 Å². The molecule has 7 heteroatoms. The van der Waals surface area contributed by atoms with E-state index in [1.54, 1.807) is 24.3 Å². The molecule has 2 aliphatic rings. The molecule has 128 valence electrons. The van der Waals surface area contributed by atoms with Gasteiger partial charge in [0, 0.05) is 0 Å². The molecule has 1 N–H and O–H groups in total. The van der Waals surface area contributed by atoms with Gasteiger partial charge in [0.1, 0.15) is 16.5 Å². The summed E-state index contributed by atoms with van der Waals surface area (Å²) >= 11 is 6.25. The highest BCUT2D eigenvalue weighted by Crippen LogP contribution is 2.35. The van der Waals surface area contributed by atoms with Crippen molar-refractivity contribution in [1.82, 2.24) is 4.90 Å². The van der Waals surface area contributed by atoms with Gasteiger partial charge in [-0.05, 0) is 19.1 Å². The molecule has 0 aromatic heterocycles. The first-order chi connectivity index (χ1) is 11.6. The summed E-state index contributed by atoms with van der Waals surface area (Å²) in [7, 11) is 1.51. The molecule has 0 atom stereocenters. The van der Waals surface area contributed by atoms with Crippen molar-refractivity contribution in [2.45, 2.75) is 6.92 Å². The minimum atomic E-state index is -0.494. The second-order valence-electron chi connectivity index (χ2n) is 5.87. The molecule has 1 aromatic carbocycles. The van der Waals surface area contributed by atoms with Gasteiger partial charge >= 0.3 is 0 Å². The SMILES string of the molecule is CC[NH+]1CCN(C2=C(Cl)C(=O)N(c3ccccc3OC)C2=O)CC1. The molecule has 6 nitrogen and oxygen atoms in total. The number of piperazine rings is 1. The molecule has 1 saturated heterocycles. The van der Waals surface area contributed by atoms with Crippen LogP contribution in [0.25, 0.3) is 0 Å². The van der Waals surface area contributed by atoms with Gasteiger partial charge < -0.3 is 14.5 Å². The first-order valence-corrected chi connectivity index (χ1v) is 8.46. The van der Waals surface area contributed by atoms with Crippen molar-refractivity contribution in [3.8, 4) is 5.75 Å². The minimum absolute atomic E-state index is 0.00847. The van der Waals surface area contributed by atoms with Crippen LogP contribution in [0.3, 0.4) is 0 Å². The summed E-state index contributed by atoms with van der Waals surface area (Å²) in [6, 6.07) is 6.94. The van der Waals surface area contributed by atoms with Gasteiger partial charge in [0.15, 0.2) is 0 Å². The number of methoxy groups -OCH3 is 1. The third-order valence-electron chi connectivity index (χ3n) is 4.62. The number of benzene rings is 1. The van der Waals surface area contributed by atoms with Gasteiger partial charge in [-0.1, -0.05) is 23.7 Å². The normalized spacial score (nSPS) is 19.5. The Kier molecular flexibility index (Phi) is 4.78. The second-order valence-corrected chi connectivity index (χ2v) is 6.25. The van der Waals surface area contributed by atoms with Crippen LogP contribution in [0.4, 0.5) is 5.69 Å². The number of nitrogens with zero attached hydrogens (tertiary/aromatic N) is 2. The van der Waals surface area contributed by atoms with Crippen LogP contribution in [-0.2, 0) is 9.59 Å². The van der Waals surface area contributed by atoms with Gasteiger partial charge in [-0.15, -0.1) is 0 Å². The molecule has 0 bridgehead atoms. The van der Waals surface area contributed by atoms with E-state index < -0.39 is 5.91 Å². The summed E-state index contributed by atoms with van der Waals surface area (Å²) in [5.41, 5.74) is 0.726. The monoisotopic (exact) mass is 350 g/mol. The Labute approximate surface area is 146 Å². The summed E-state index contributed by atoms with van der Waals surface area (Å²) in [4.78, 5) is 30.0. The molecule has 24 heavy (non-hydrogen) atoms. The van der Waals surface area contributed by atoms with E-state index in [-0.39, 0.29) is 10.9 Å². The van der Waals surface area contributed by atoms with E-state index in [2.05, 4.69) is 6.92 Å². The third kappa shape index (κ3) is 2.76. The first-order valence-electron chi connectivity index (χ1n) is 8.08. The fraction of sp³-hybridized carbons (Fsp3) is 0.412. The molecule has 2 heterocycles. The van der Waals surface area contributed by atoms with Gasteiger partial charge in [-0.3, -0.25) is 9.59 Å². The van der Waals surface area contributed by atoms with Crippen molar-refractivity contribution in [3.05, 3.63) is 35.0 Å². The lowest BCUT2D eigenvalue weighted by Crippen LogP contribution is -3.14. The summed E-state index contributed by atoms with van der Waals surface area (Å²) in [5, 5.41) is -0.00847. The number of hydrogen-bond acceptors (Lipinski definition) is 4. The number of imide groups is 1. The molecule has 0 unspecified atom stereocenters. The molecule has 2 aliphatic heterocycles. The fourth-order valence-electron chi connectivity index (χ4n) is 3.20. The standard InChI is InChI=1S/C17H20ClN3O3/c1-3-19-8-10-20(11-9-19)15-14(18)16(22)21(17(15)23)12-6-4-5-7-13(12)24-2/h4-7H,3,8-11H2,1-2H3/p+1. The quantitative estimate of drug-likeness (QED) is 0.790. The number of hydrogen-bond donors (Lipinski definition) is 1. The van der Waals surface area contributed by atoms with E-state index in [1.165, 1.54) is 12.0 Å². The Morgan fingerprint density at radius 2 is 1.83 bits per heavy atom. The lowest BCUT2D eigenvalue weighted by atomic mass is 10.2. The van der Waals surface area contributed by atoms with Gasteiger partial charge in [-0.25, -0.2) is 4.90 Å². The predicted octanol–water partition coefficient (Wildman–Crippen LogP) is 0.239. The zero-order valence-electron chi connectivity index (χ0n) is 13.8. The topological polar surface area (TPSA) is 54.3 Å². The van der Waals surface area contributed by atoms with Crippen molar-refractivity contribution < 1.29 is 19.2 Å². The number of nitrogens with one attached hydrogen (secondary N) is 1. The minimum Gasteiger partial charge on any atom is -0.495 e. The van der Waals surface area contributed by atoms with Gasteiger partial charge in [0.05, 0.1) is 45.5 Å². The number of para-hydroxylation sites is 2. The second kappa shape index (κ2) is 6.83. The Bertz CT molecular complexity index is 696. The number of carbonyl (C=O) groups excluding carboxylic acids is 2. The van der Waals surface area contributed by atoms with E-state index in [0.717, 1.165) is 24.5 Å². The van der Waals surface area contributed by atoms with Crippen molar-refractivity contribution in [1.29, 1.82) is 0 Å². The average molecular weight is 351 g/mol. The number of carbonyl (C=O) groups is 2. The van der Waals surface area contributed by atoms with Crippen LogP contribution in [-0.4, -0.2) is 56.5 Å². The highest BCUT2D eigenvalue weighted by atomic mass is 35.5. The molecule has 3 rings (SSSR count). The van der Waals surface area contributed by atoms with Gasteiger partial charge in [0.25, 0.3) is 11.8 Å². The molecule has 1 aromatic rings. The van der Waals surface area contributed by atoms with Crippen LogP contribution in [0.5, 0.6) is 5.75 Å². The summed E-state index contributed by atoms with van der Waals surface area (Å²) < 4.78 is 5.27. The van der Waals surface area contributed by atoms with Gasteiger partial charge in [0.2, 0.25) is 0 Å². The Morgan fingerprint density at radius 3 is 2.46 bits per heavy atom. The molecule has 0 radical (unpaired) electrons. The Hall–Kier alpha value is -2.05. The largest absolute Gasteiger partial charge is 0.495 e. The fourth-order valence-corrected chi connectivity index (χ4v) is 3.48. The number of amides is 2. The summed E-state index contributed by atoms with van der Waals surface area (Å²) in [5.74, 6) is -0.411. The van der Waals surface area contributed by atoms with Crippen LogP contribution >= 0.6 is 11.6 Å². The Morgan fingerprint density at radius 1 is 1.17 bits per heavy atom. The van der Waals surface area contributed by atoms with E-state index >= 15 is 0 Å². The molecular formula is C17H21ClN3O3+. The van der Waals surface area contributed by atoms with Crippen LogP contribution in [0, 0.1) is 0 Å². The van der Waals surface area contributed by atoms with Crippen molar-refractivity contribution in [3.63, 3.8) is 0 Å². The Balaban J connectivity index is 1.88. The smallest absolute Gasteiger partial charge is 0.283 e. The number of anilines is 1. The first kappa shape index (κ1) is 16.8. The number of rotatable bonds is 4. The lowest BCUT2D eigenvalue weighted by Gasteiger charge is -2.33. The van der Waals surface area contributed by atoms with E-state index in [1.807, 2.05) is 4.90 Å². The summed E-state index contributed by atoms with van der Waals surface area (Å²) in [6.07, 6.45) is 0. The van der Waals surface area contributed by atoms with Crippen LogP contribution in [0.2, 0.25) is 0 Å². The highest BCUT2D eigenvalue weighted by Gasteiger charge is 2.43. The van der Waals surface area contributed by atoms with E-state index in [9.17, 15) is 9.59 Å². The third-order valence-corrected chi connectivity index (χ3v) is 4.96. The lowest BCUT2D eigenvalue weighted by molar-refractivity contribution is -0.902. The maximum absolute atomic E-state index is 12.9. The number of likely N-dealkylation sites (N-methyl/N-ethyl adjacent to an activating group) is 1. The highest BCUT2D eigenvalue weighted by molar-refractivity contribution is 6.52.